The predicted molar refractivity (Wildman–Crippen MR) is 96.9 cm³/mol. The summed E-state index contributed by atoms with van der Waals surface area (Å²) in [5, 5.41) is 13.4. The zero-order valence-corrected chi connectivity index (χ0v) is 14.3. The molecule has 1 heterocycles. The number of carbonyl (C=O) groups is 2. The third-order valence-corrected chi connectivity index (χ3v) is 4.32. The van der Waals surface area contributed by atoms with Crippen LogP contribution in [0.1, 0.15) is 34.1 Å². The Morgan fingerprint density at radius 2 is 1.92 bits per heavy atom. The second-order valence-electron chi connectivity index (χ2n) is 5.90. The number of aromatic nitrogens is 1. The molecule has 0 saturated heterocycles. The number of rotatable bonds is 5. The standard InChI is InChI=1S/C19H17ClN2O3/c1-11-3-2-4-13-9-16(21-18(11)13)19(25)22-15(10-17(23)24)12-5-7-14(20)8-6-12/h2-9,15,21H,10H2,1H3,(H,22,25)(H,23,24). The van der Waals surface area contributed by atoms with Crippen molar-refractivity contribution in [2.24, 2.45) is 0 Å². The Hall–Kier alpha value is -2.79. The van der Waals surface area contributed by atoms with Gasteiger partial charge in [0, 0.05) is 15.9 Å². The van der Waals surface area contributed by atoms with Gasteiger partial charge in [0.1, 0.15) is 5.69 Å². The molecular weight excluding hydrogens is 340 g/mol. The van der Waals surface area contributed by atoms with E-state index < -0.39 is 12.0 Å². The molecule has 0 radical (unpaired) electrons. The van der Waals surface area contributed by atoms with Crippen LogP contribution in [0.2, 0.25) is 5.02 Å². The van der Waals surface area contributed by atoms with Crippen molar-refractivity contribution in [3.05, 3.63) is 70.4 Å². The number of aliphatic carboxylic acids is 1. The minimum atomic E-state index is -0.993. The molecule has 1 aromatic heterocycles. The van der Waals surface area contributed by atoms with E-state index in [9.17, 15) is 9.59 Å². The zero-order chi connectivity index (χ0) is 18.0. The van der Waals surface area contributed by atoms with Gasteiger partial charge in [-0.1, -0.05) is 41.9 Å². The number of hydrogen-bond donors (Lipinski definition) is 3. The Labute approximate surface area is 149 Å². The van der Waals surface area contributed by atoms with Crippen LogP contribution in [-0.4, -0.2) is 22.0 Å². The molecule has 128 valence electrons. The first-order chi connectivity index (χ1) is 11.9. The fourth-order valence-electron chi connectivity index (χ4n) is 2.79. The molecule has 2 aromatic carbocycles. The van der Waals surface area contributed by atoms with Crippen molar-refractivity contribution in [3.8, 4) is 0 Å². The average molecular weight is 357 g/mol. The molecule has 3 aromatic rings. The summed E-state index contributed by atoms with van der Waals surface area (Å²) in [7, 11) is 0. The highest BCUT2D eigenvalue weighted by molar-refractivity contribution is 6.30. The minimum absolute atomic E-state index is 0.216. The van der Waals surface area contributed by atoms with Crippen molar-refractivity contribution in [2.45, 2.75) is 19.4 Å². The number of aryl methyl sites for hydroxylation is 1. The number of carbonyl (C=O) groups excluding carboxylic acids is 1. The van der Waals surface area contributed by atoms with E-state index in [1.165, 1.54) is 0 Å². The molecule has 0 aliphatic heterocycles. The SMILES string of the molecule is Cc1cccc2cc(C(=O)NC(CC(=O)O)c3ccc(Cl)cc3)[nH]c12. The molecule has 0 aliphatic carbocycles. The van der Waals surface area contributed by atoms with Crippen molar-refractivity contribution < 1.29 is 14.7 Å². The maximum Gasteiger partial charge on any atom is 0.305 e. The zero-order valence-electron chi connectivity index (χ0n) is 13.5. The first kappa shape index (κ1) is 17.0. The maximum atomic E-state index is 12.6. The molecule has 3 N–H and O–H groups in total. The first-order valence-electron chi connectivity index (χ1n) is 7.80. The highest BCUT2D eigenvalue weighted by Crippen LogP contribution is 2.22. The molecule has 0 bridgehead atoms. The number of carboxylic acid groups (broad SMARTS) is 1. The van der Waals surface area contributed by atoms with Gasteiger partial charge in [-0.15, -0.1) is 0 Å². The van der Waals surface area contributed by atoms with Crippen LogP contribution in [0.25, 0.3) is 10.9 Å². The monoisotopic (exact) mass is 356 g/mol. The van der Waals surface area contributed by atoms with Gasteiger partial charge >= 0.3 is 5.97 Å². The fourth-order valence-corrected chi connectivity index (χ4v) is 2.91. The van der Waals surface area contributed by atoms with E-state index >= 15 is 0 Å². The Kier molecular flexibility index (Phi) is 4.76. The van der Waals surface area contributed by atoms with Gasteiger partial charge in [0.2, 0.25) is 0 Å². The average Bonchev–Trinajstić information content (AvgIpc) is 3.00. The van der Waals surface area contributed by atoms with E-state index in [0.717, 1.165) is 16.5 Å². The van der Waals surface area contributed by atoms with Crippen LogP contribution in [0.15, 0.2) is 48.5 Å². The number of carboxylic acids is 1. The van der Waals surface area contributed by atoms with Crippen LogP contribution in [0.4, 0.5) is 0 Å². The molecule has 1 amide bonds. The number of nitrogens with one attached hydrogen (secondary N) is 2. The van der Waals surface area contributed by atoms with Crippen LogP contribution in [-0.2, 0) is 4.79 Å². The third kappa shape index (κ3) is 3.83. The lowest BCUT2D eigenvalue weighted by atomic mass is 10.0. The lowest BCUT2D eigenvalue weighted by molar-refractivity contribution is -0.137. The van der Waals surface area contributed by atoms with Gasteiger partial charge in [-0.3, -0.25) is 9.59 Å². The summed E-state index contributed by atoms with van der Waals surface area (Å²) in [6.45, 7) is 1.96. The molecule has 6 heteroatoms. The molecule has 0 saturated carbocycles. The van der Waals surface area contributed by atoms with Crippen molar-refractivity contribution in [1.29, 1.82) is 0 Å². The quantitative estimate of drug-likeness (QED) is 0.644. The smallest absolute Gasteiger partial charge is 0.305 e. The van der Waals surface area contributed by atoms with E-state index in [1.807, 2.05) is 25.1 Å². The summed E-state index contributed by atoms with van der Waals surface area (Å²) >= 11 is 5.88. The van der Waals surface area contributed by atoms with Gasteiger partial charge in [0.25, 0.3) is 5.91 Å². The number of fused-ring (bicyclic) bond motifs is 1. The summed E-state index contributed by atoms with van der Waals surface area (Å²) in [4.78, 5) is 26.9. The summed E-state index contributed by atoms with van der Waals surface area (Å²) in [6, 6.07) is 13.7. The molecule has 25 heavy (non-hydrogen) atoms. The molecule has 3 rings (SSSR count). The topological polar surface area (TPSA) is 82.2 Å². The lowest BCUT2D eigenvalue weighted by Crippen LogP contribution is -2.30. The highest BCUT2D eigenvalue weighted by atomic mass is 35.5. The van der Waals surface area contributed by atoms with Crippen LogP contribution in [0.3, 0.4) is 0 Å². The van der Waals surface area contributed by atoms with Crippen LogP contribution < -0.4 is 5.32 Å². The van der Waals surface area contributed by atoms with Crippen molar-refractivity contribution in [2.75, 3.05) is 0 Å². The van der Waals surface area contributed by atoms with Gasteiger partial charge in [0.15, 0.2) is 0 Å². The van der Waals surface area contributed by atoms with E-state index in [0.29, 0.717) is 16.3 Å². The molecule has 1 unspecified atom stereocenters. The van der Waals surface area contributed by atoms with Crippen molar-refractivity contribution in [1.82, 2.24) is 10.3 Å². The second-order valence-corrected chi connectivity index (χ2v) is 6.33. The summed E-state index contributed by atoms with van der Waals surface area (Å²) in [5.74, 6) is -1.34. The predicted octanol–water partition coefficient (Wildman–Crippen LogP) is 4.08. The Bertz CT molecular complexity index is 931. The molecule has 5 nitrogen and oxygen atoms in total. The molecule has 0 fully saturated rings. The number of aromatic amines is 1. The van der Waals surface area contributed by atoms with E-state index in [-0.39, 0.29) is 12.3 Å². The summed E-state index contributed by atoms with van der Waals surface area (Å²) < 4.78 is 0. The number of halogens is 1. The third-order valence-electron chi connectivity index (χ3n) is 4.07. The Morgan fingerprint density at radius 3 is 2.56 bits per heavy atom. The fraction of sp³-hybridized carbons (Fsp3) is 0.158. The van der Waals surface area contributed by atoms with Crippen LogP contribution in [0, 0.1) is 6.92 Å². The molecule has 1 atom stereocenters. The minimum Gasteiger partial charge on any atom is -0.481 e. The number of amides is 1. The largest absolute Gasteiger partial charge is 0.481 e. The molecular formula is C19H17ClN2O3. The van der Waals surface area contributed by atoms with E-state index in [2.05, 4.69) is 10.3 Å². The van der Waals surface area contributed by atoms with Crippen LogP contribution in [0.5, 0.6) is 0 Å². The van der Waals surface area contributed by atoms with Gasteiger partial charge in [0.05, 0.1) is 12.5 Å². The number of para-hydroxylation sites is 1. The summed E-state index contributed by atoms with van der Waals surface area (Å²) in [5.41, 5.74) is 3.02. The highest BCUT2D eigenvalue weighted by Gasteiger charge is 2.20. The second kappa shape index (κ2) is 6.99. The molecule has 0 aliphatic rings. The number of hydrogen-bond acceptors (Lipinski definition) is 2. The van der Waals surface area contributed by atoms with E-state index in [1.54, 1.807) is 30.3 Å². The van der Waals surface area contributed by atoms with Gasteiger partial charge < -0.3 is 15.4 Å². The molecule has 0 spiro atoms. The number of benzene rings is 2. The Morgan fingerprint density at radius 1 is 1.20 bits per heavy atom. The van der Waals surface area contributed by atoms with Crippen LogP contribution >= 0.6 is 11.6 Å². The Balaban J connectivity index is 1.87. The van der Waals surface area contributed by atoms with Gasteiger partial charge in [-0.25, -0.2) is 0 Å². The van der Waals surface area contributed by atoms with E-state index in [4.69, 9.17) is 16.7 Å². The maximum absolute atomic E-state index is 12.6. The van der Waals surface area contributed by atoms with Gasteiger partial charge in [-0.2, -0.15) is 0 Å². The number of H-pyrrole nitrogens is 1. The normalized spacial score (nSPS) is 12.1. The van der Waals surface area contributed by atoms with Crippen molar-refractivity contribution >= 4 is 34.4 Å². The first-order valence-corrected chi connectivity index (χ1v) is 8.18. The van der Waals surface area contributed by atoms with Crippen molar-refractivity contribution in [3.63, 3.8) is 0 Å². The summed E-state index contributed by atoms with van der Waals surface area (Å²) in [6.07, 6.45) is -0.216. The lowest BCUT2D eigenvalue weighted by Gasteiger charge is -2.17. The van der Waals surface area contributed by atoms with Gasteiger partial charge in [-0.05, 0) is 36.2 Å².